The summed E-state index contributed by atoms with van der Waals surface area (Å²) in [4.78, 5) is 20.5. The van der Waals surface area contributed by atoms with Gasteiger partial charge in [0.2, 0.25) is 0 Å². The second kappa shape index (κ2) is 14.3. The number of rotatable bonds is 12. The number of carbonyl (C=O) groups is 1. The summed E-state index contributed by atoms with van der Waals surface area (Å²) >= 11 is 12.4. The average Bonchev–Trinajstić information content (AvgIpc) is 3.29. The van der Waals surface area contributed by atoms with Gasteiger partial charge in [-0.15, -0.1) is 12.4 Å². The van der Waals surface area contributed by atoms with Crippen molar-refractivity contribution in [1.82, 2.24) is 9.97 Å². The predicted octanol–water partition coefficient (Wildman–Crippen LogP) is 7.18. The molecule has 0 spiro atoms. The number of benzene rings is 2. The molecule has 3 rings (SSSR count). The van der Waals surface area contributed by atoms with Gasteiger partial charge in [0.25, 0.3) is 0 Å². The molecule has 0 aliphatic heterocycles. The van der Waals surface area contributed by atoms with Crippen LogP contribution in [0, 0.1) is 0 Å². The fraction of sp³-hybridized carbons (Fsp3) is 0.385. The van der Waals surface area contributed by atoms with Gasteiger partial charge in [-0.05, 0) is 48.7 Å². The molecule has 1 unspecified atom stereocenters. The van der Waals surface area contributed by atoms with Crippen LogP contribution < -0.4 is 10.5 Å². The van der Waals surface area contributed by atoms with E-state index in [1.54, 1.807) is 36.5 Å². The van der Waals surface area contributed by atoms with Crippen LogP contribution in [0.3, 0.4) is 0 Å². The lowest BCUT2D eigenvalue weighted by Gasteiger charge is -2.16. The first kappa shape index (κ1) is 29.0. The minimum atomic E-state index is -0.398. The van der Waals surface area contributed by atoms with Gasteiger partial charge in [0.1, 0.15) is 17.1 Å². The second-order valence-electron chi connectivity index (χ2n) is 8.13. The van der Waals surface area contributed by atoms with E-state index in [0.29, 0.717) is 46.8 Å². The number of hydrogen-bond acceptors (Lipinski definition) is 5. The van der Waals surface area contributed by atoms with Crippen molar-refractivity contribution in [2.75, 3.05) is 13.2 Å². The second-order valence-corrected chi connectivity index (χ2v) is 8.97. The minimum absolute atomic E-state index is 0. The third-order valence-corrected chi connectivity index (χ3v) is 5.96. The van der Waals surface area contributed by atoms with E-state index in [2.05, 4.69) is 16.9 Å². The van der Waals surface area contributed by atoms with Crippen LogP contribution in [-0.4, -0.2) is 29.2 Å². The highest BCUT2D eigenvalue weighted by molar-refractivity contribution is 6.35. The molecule has 0 amide bonds. The van der Waals surface area contributed by atoms with Crippen LogP contribution >= 0.6 is 35.6 Å². The number of nitrogens with zero attached hydrogens (tertiary/aromatic N) is 1. The van der Waals surface area contributed by atoms with E-state index in [4.69, 9.17) is 38.4 Å². The number of hydrogen-bond donors (Lipinski definition) is 2. The number of unbranched alkanes of at least 4 members (excludes halogenated alkanes) is 2. The Morgan fingerprint density at radius 3 is 2.57 bits per heavy atom. The molecule has 0 saturated heterocycles. The molecule has 35 heavy (non-hydrogen) atoms. The molecule has 2 aromatic carbocycles. The number of nitrogens with one attached hydrogen (secondary N) is 1. The van der Waals surface area contributed by atoms with E-state index in [0.717, 1.165) is 42.5 Å². The fourth-order valence-corrected chi connectivity index (χ4v) is 3.80. The molecular weight excluding hydrogens is 509 g/mol. The van der Waals surface area contributed by atoms with Crippen LogP contribution in [0.1, 0.15) is 67.3 Å². The van der Waals surface area contributed by atoms with Gasteiger partial charge in [0.05, 0.1) is 30.1 Å². The van der Waals surface area contributed by atoms with E-state index < -0.39 is 5.97 Å². The molecule has 0 aliphatic rings. The Balaban J connectivity index is 0.00000432. The summed E-state index contributed by atoms with van der Waals surface area (Å²) in [7, 11) is 0. The van der Waals surface area contributed by atoms with Gasteiger partial charge in [-0.25, -0.2) is 9.78 Å². The van der Waals surface area contributed by atoms with Gasteiger partial charge in [0, 0.05) is 23.0 Å². The molecule has 3 aromatic rings. The van der Waals surface area contributed by atoms with Gasteiger partial charge in [-0.1, -0.05) is 56.0 Å². The SMILES string of the molecule is CCCCOC(=O)c1cc(C(N)Cc2ncc(-c3cc(Cl)ccc3Cl)[nH]2)ccc1OCCCC.Cl. The summed E-state index contributed by atoms with van der Waals surface area (Å²) < 4.78 is 11.3. The van der Waals surface area contributed by atoms with Crippen LogP contribution in [0.25, 0.3) is 11.3 Å². The van der Waals surface area contributed by atoms with Crippen molar-refractivity contribution in [3.8, 4) is 17.0 Å². The Kier molecular flexibility index (Phi) is 11.9. The fourth-order valence-electron chi connectivity index (χ4n) is 3.41. The number of aromatic amines is 1. The summed E-state index contributed by atoms with van der Waals surface area (Å²) in [5.74, 6) is 0.820. The highest BCUT2D eigenvalue weighted by Crippen LogP contribution is 2.30. The quantitative estimate of drug-likeness (QED) is 0.187. The van der Waals surface area contributed by atoms with Crippen LogP contribution in [-0.2, 0) is 11.2 Å². The molecule has 0 aliphatic carbocycles. The molecule has 1 atom stereocenters. The summed E-state index contributed by atoms with van der Waals surface area (Å²) in [5, 5.41) is 1.17. The van der Waals surface area contributed by atoms with Gasteiger partial charge in [0.15, 0.2) is 0 Å². The topological polar surface area (TPSA) is 90.2 Å². The molecule has 6 nitrogen and oxygen atoms in total. The number of aromatic nitrogens is 2. The van der Waals surface area contributed by atoms with E-state index in [1.165, 1.54) is 0 Å². The highest BCUT2D eigenvalue weighted by Gasteiger charge is 2.19. The maximum Gasteiger partial charge on any atom is 0.341 e. The van der Waals surface area contributed by atoms with Crippen molar-refractivity contribution in [1.29, 1.82) is 0 Å². The maximum absolute atomic E-state index is 12.7. The van der Waals surface area contributed by atoms with Crippen molar-refractivity contribution in [2.45, 2.75) is 52.0 Å². The van der Waals surface area contributed by atoms with Gasteiger partial charge in [-0.3, -0.25) is 0 Å². The normalized spacial score (nSPS) is 11.6. The van der Waals surface area contributed by atoms with Crippen LogP contribution in [0.15, 0.2) is 42.6 Å². The zero-order valence-electron chi connectivity index (χ0n) is 20.0. The lowest BCUT2D eigenvalue weighted by atomic mass is 10.0. The van der Waals surface area contributed by atoms with Crippen LogP contribution in [0.4, 0.5) is 0 Å². The third kappa shape index (κ3) is 8.14. The Bertz CT molecular complexity index is 1100. The Morgan fingerprint density at radius 2 is 1.83 bits per heavy atom. The lowest BCUT2D eigenvalue weighted by Crippen LogP contribution is -2.16. The molecule has 1 aromatic heterocycles. The van der Waals surface area contributed by atoms with Gasteiger partial charge < -0.3 is 20.2 Å². The predicted molar refractivity (Wildman–Crippen MR) is 144 cm³/mol. The summed E-state index contributed by atoms with van der Waals surface area (Å²) in [6.07, 6.45) is 5.82. The average molecular weight is 541 g/mol. The molecule has 0 radical (unpaired) electrons. The minimum Gasteiger partial charge on any atom is -0.493 e. The smallest absolute Gasteiger partial charge is 0.341 e. The molecule has 0 bridgehead atoms. The van der Waals surface area contributed by atoms with E-state index in [1.807, 2.05) is 13.0 Å². The first-order valence-corrected chi connectivity index (χ1v) is 12.4. The number of H-pyrrole nitrogens is 1. The lowest BCUT2D eigenvalue weighted by molar-refractivity contribution is 0.0495. The van der Waals surface area contributed by atoms with Crippen molar-refractivity contribution in [3.63, 3.8) is 0 Å². The van der Waals surface area contributed by atoms with Crippen molar-refractivity contribution >= 4 is 41.6 Å². The van der Waals surface area contributed by atoms with E-state index >= 15 is 0 Å². The first-order chi connectivity index (χ1) is 16.4. The van der Waals surface area contributed by atoms with Crippen molar-refractivity contribution < 1.29 is 14.3 Å². The number of carbonyl (C=O) groups excluding carboxylic acids is 1. The highest BCUT2D eigenvalue weighted by atomic mass is 35.5. The van der Waals surface area contributed by atoms with E-state index in [-0.39, 0.29) is 18.4 Å². The third-order valence-electron chi connectivity index (χ3n) is 5.40. The molecule has 1 heterocycles. The monoisotopic (exact) mass is 539 g/mol. The molecule has 9 heteroatoms. The summed E-state index contributed by atoms with van der Waals surface area (Å²) in [5.41, 5.74) is 9.21. The Hall–Kier alpha value is -2.25. The molecular formula is C26H32Cl3N3O3. The molecule has 3 N–H and O–H groups in total. The van der Waals surface area contributed by atoms with Crippen LogP contribution in [0.5, 0.6) is 5.75 Å². The molecule has 190 valence electrons. The number of halogens is 3. The van der Waals surface area contributed by atoms with Gasteiger partial charge in [-0.2, -0.15) is 0 Å². The van der Waals surface area contributed by atoms with Crippen molar-refractivity contribution in [3.05, 3.63) is 69.6 Å². The van der Waals surface area contributed by atoms with Gasteiger partial charge >= 0.3 is 5.97 Å². The summed E-state index contributed by atoms with van der Waals surface area (Å²) in [6, 6.07) is 10.3. The van der Waals surface area contributed by atoms with Crippen LogP contribution in [0.2, 0.25) is 10.0 Å². The standard InChI is InChI=1S/C26H31Cl2N3O3.ClH/c1-3-5-11-33-24-10-7-17(13-20(24)26(32)34-12-6-4-2)22(29)15-25-30-16-23(31-25)19-14-18(27)8-9-21(19)28;/h7-10,13-14,16,22H,3-6,11-12,15,29H2,1-2H3,(H,30,31);1H. The number of esters is 1. The molecule has 0 fully saturated rings. The number of imidazole rings is 1. The van der Waals surface area contributed by atoms with E-state index in [9.17, 15) is 4.79 Å². The largest absolute Gasteiger partial charge is 0.493 e. The zero-order valence-corrected chi connectivity index (χ0v) is 22.3. The first-order valence-electron chi connectivity index (χ1n) is 11.6. The maximum atomic E-state index is 12.7. The number of nitrogens with two attached hydrogens (primary N) is 1. The Morgan fingerprint density at radius 1 is 1.09 bits per heavy atom. The van der Waals surface area contributed by atoms with Crippen molar-refractivity contribution in [2.24, 2.45) is 5.73 Å². The Labute approximate surface area is 222 Å². The zero-order chi connectivity index (χ0) is 24.5. The number of ether oxygens (including phenoxy) is 2. The molecule has 0 saturated carbocycles. The summed E-state index contributed by atoms with van der Waals surface area (Å²) in [6.45, 7) is 5.05.